The Kier molecular flexibility index (Phi) is 2.74. The lowest BCUT2D eigenvalue weighted by Crippen LogP contribution is -2.67. The summed E-state index contributed by atoms with van der Waals surface area (Å²) in [6.07, 6.45) is 4.05. The number of esters is 1. The topological polar surface area (TPSA) is 43.4 Å². The van der Waals surface area contributed by atoms with Gasteiger partial charge in [0.05, 0.1) is 0 Å². The van der Waals surface area contributed by atoms with Crippen LogP contribution in [0.2, 0.25) is 0 Å². The van der Waals surface area contributed by atoms with Crippen LogP contribution in [0.25, 0.3) is 0 Å². The molecular formula is C17H24O3. The number of carbonyl (C=O) groups is 2. The smallest absolute Gasteiger partial charge is 0.302 e. The van der Waals surface area contributed by atoms with Crippen molar-refractivity contribution in [3.8, 4) is 0 Å². The number of rotatable bonds is 1. The van der Waals surface area contributed by atoms with Crippen LogP contribution in [0.1, 0.15) is 47.5 Å². The Hall–Kier alpha value is -1.12. The Morgan fingerprint density at radius 1 is 1.40 bits per heavy atom. The first-order chi connectivity index (χ1) is 9.21. The molecule has 0 saturated heterocycles. The molecule has 0 N–H and O–H groups in total. The van der Waals surface area contributed by atoms with Gasteiger partial charge in [-0.2, -0.15) is 0 Å². The van der Waals surface area contributed by atoms with E-state index in [4.69, 9.17) is 4.74 Å². The van der Waals surface area contributed by atoms with Crippen molar-refractivity contribution in [3.63, 3.8) is 0 Å². The summed E-state index contributed by atoms with van der Waals surface area (Å²) in [6, 6.07) is 0. The summed E-state index contributed by atoms with van der Waals surface area (Å²) in [5.74, 6) is 0.905. The molecule has 0 aromatic heterocycles. The lowest BCUT2D eigenvalue weighted by atomic mass is 9.38. The number of ketones is 1. The Labute approximate surface area is 120 Å². The highest BCUT2D eigenvalue weighted by Gasteiger charge is 2.74. The van der Waals surface area contributed by atoms with Crippen molar-refractivity contribution in [3.05, 3.63) is 11.6 Å². The SMILES string of the molecule is CC(=O)O[C@@H]1C[C@H](C)C[C@]23[C@H](C=C(C)[C@H]12)C(=O)C3(C)C. The van der Waals surface area contributed by atoms with Crippen LogP contribution >= 0.6 is 0 Å². The van der Waals surface area contributed by atoms with Gasteiger partial charge in [0.2, 0.25) is 0 Å². The zero-order chi connectivity index (χ0) is 14.9. The number of carbonyl (C=O) groups excluding carboxylic acids is 2. The van der Waals surface area contributed by atoms with Gasteiger partial charge >= 0.3 is 5.97 Å². The lowest BCUT2D eigenvalue weighted by molar-refractivity contribution is -0.197. The van der Waals surface area contributed by atoms with Crippen LogP contribution in [0, 0.1) is 28.6 Å². The quantitative estimate of drug-likeness (QED) is 0.546. The maximum Gasteiger partial charge on any atom is 0.302 e. The van der Waals surface area contributed by atoms with E-state index in [1.54, 1.807) is 0 Å². The van der Waals surface area contributed by atoms with Crippen LogP contribution in [-0.2, 0) is 14.3 Å². The largest absolute Gasteiger partial charge is 0.462 e. The summed E-state index contributed by atoms with van der Waals surface area (Å²) < 4.78 is 5.63. The van der Waals surface area contributed by atoms with Crippen LogP contribution in [0.5, 0.6) is 0 Å². The Bertz CT molecular complexity index is 516. The first kappa shape index (κ1) is 13.8. The van der Waals surface area contributed by atoms with E-state index in [9.17, 15) is 9.59 Å². The van der Waals surface area contributed by atoms with Crippen LogP contribution in [0.4, 0.5) is 0 Å². The summed E-state index contributed by atoms with van der Waals surface area (Å²) in [7, 11) is 0. The maximum absolute atomic E-state index is 12.4. The van der Waals surface area contributed by atoms with Crippen molar-refractivity contribution < 1.29 is 14.3 Å². The minimum Gasteiger partial charge on any atom is -0.462 e. The molecule has 0 radical (unpaired) electrons. The van der Waals surface area contributed by atoms with Crippen molar-refractivity contribution in [2.24, 2.45) is 28.6 Å². The minimum absolute atomic E-state index is 0.0219. The van der Waals surface area contributed by atoms with Gasteiger partial charge in [-0.25, -0.2) is 0 Å². The number of hydrogen-bond acceptors (Lipinski definition) is 3. The van der Waals surface area contributed by atoms with E-state index < -0.39 is 0 Å². The second kappa shape index (κ2) is 3.96. The van der Waals surface area contributed by atoms with E-state index in [0.29, 0.717) is 11.7 Å². The third kappa shape index (κ3) is 1.41. The van der Waals surface area contributed by atoms with Crippen molar-refractivity contribution in [1.82, 2.24) is 0 Å². The minimum atomic E-state index is -0.302. The molecule has 2 saturated carbocycles. The van der Waals surface area contributed by atoms with E-state index in [1.165, 1.54) is 12.5 Å². The molecule has 0 bridgehead atoms. The van der Waals surface area contributed by atoms with Gasteiger partial charge in [0.25, 0.3) is 0 Å². The fourth-order valence-corrected chi connectivity index (χ4v) is 5.40. The first-order valence-corrected chi connectivity index (χ1v) is 7.61. The highest BCUT2D eigenvalue weighted by molar-refractivity contribution is 5.97. The van der Waals surface area contributed by atoms with Gasteiger partial charge in [-0.1, -0.05) is 32.4 Å². The van der Waals surface area contributed by atoms with Crippen LogP contribution in [-0.4, -0.2) is 17.9 Å². The summed E-state index contributed by atoms with van der Waals surface area (Å²) >= 11 is 0. The molecule has 0 unspecified atom stereocenters. The molecule has 0 aromatic rings. The van der Waals surface area contributed by atoms with Gasteiger partial charge in [0.15, 0.2) is 0 Å². The standard InChI is InChI=1S/C17H24O3/c1-9-6-13(20-11(3)18)14-10(2)7-12-15(19)16(4,5)17(12,14)8-9/h7,9,12-14H,6,8H2,1-5H3/t9-,12+,13+,14+,17-/m0/s1. The summed E-state index contributed by atoms with van der Waals surface area (Å²) in [5, 5.41) is 0. The molecule has 110 valence electrons. The zero-order valence-electron chi connectivity index (χ0n) is 13.0. The van der Waals surface area contributed by atoms with Crippen molar-refractivity contribution in [1.29, 1.82) is 0 Å². The van der Waals surface area contributed by atoms with Crippen molar-refractivity contribution >= 4 is 11.8 Å². The van der Waals surface area contributed by atoms with Gasteiger partial charge in [0, 0.05) is 29.6 Å². The second-order valence-electron chi connectivity index (χ2n) is 7.59. The molecule has 0 aliphatic heterocycles. The predicted octanol–water partition coefficient (Wildman–Crippen LogP) is 3.14. The predicted molar refractivity (Wildman–Crippen MR) is 75.9 cm³/mol. The van der Waals surface area contributed by atoms with Gasteiger partial charge < -0.3 is 4.74 Å². The van der Waals surface area contributed by atoms with Gasteiger partial charge in [-0.05, 0) is 25.7 Å². The average molecular weight is 276 g/mol. The summed E-state index contributed by atoms with van der Waals surface area (Å²) in [5.41, 5.74) is 0.919. The molecule has 20 heavy (non-hydrogen) atoms. The molecule has 3 heteroatoms. The molecule has 3 aliphatic carbocycles. The van der Waals surface area contributed by atoms with E-state index in [2.05, 4.69) is 33.8 Å². The molecule has 0 heterocycles. The summed E-state index contributed by atoms with van der Waals surface area (Å²) in [4.78, 5) is 23.9. The third-order valence-electron chi connectivity index (χ3n) is 6.10. The number of hydrogen-bond donors (Lipinski definition) is 0. The monoisotopic (exact) mass is 276 g/mol. The van der Waals surface area contributed by atoms with Crippen molar-refractivity contribution in [2.45, 2.75) is 53.6 Å². The summed E-state index contributed by atoms with van der Waals surface area (Å²) in [6.45, 7) is 9.95. The molecular weight excluding hydrogens is 252 g/mol. The lowest BCUT2D eigenvalue weighted by Gasteiger charge is -2.64. The molecule has 3 rings (SSSR count). The zero-order valence-corrected chi connectivity index (χ0v) is 13.0. The van der Waals surface area contributed by atoms with Gasteiger partial charge in [-0.15, -0.1) is 0 Å². The van der Waals surface area contributed by atoms with Gasteiger partial charge in [0.1, 0.15) is 11.9 Å². The molecule has 0 amide bonds. The second-order valence-corrected chi connectivity index (χ2v) is 7.59. The van der Waals surface area contributed by atoms with Crippen LogP contribution in [0.15, 0.2) is 11.6 Å². The van der Waals surface area contributed by atoms with E-state index in [1.807, 2.05) is 0 Å². The van der Waals surface area contributed by atoms with Gasteiger partial charge in [-0.3, -0.25) is 9.59 Å². The fourth-order valence-electron chi connectivity index (χ4n) is 5.40. The number of allylic oxidation sites excluding steroid dienone is 1. The average Bonchev–Trinajstić information content (AvgIpc) is 2.60. The first-order valence-electron chi connectivity index (χ1n) is 7.61. The van der Waals surface area contributed by atoms with Crippen molar-refractivity contribution in [2.75, 3.05) is 0 Å². The molecule has 2 fully saturated rings. The highest BCUT2D eigenvalue weighted by Crippen LogP contribution is 2.72. The van der Waals surface area contributed by atoms with Crippen LogP contribution < -0.4 is 0 Å². The van der Waals surface area contributed by atoms with E-state index in [-0.39, 0.29) is 34.7 Å². The normalized spacial score (nSPS) is 45.0. The Balaban J connectivity index is 2.04. The molecule has 3 nitrogen and oxygen atoms in total. The Morgan fingerprint density at radius 2 is 2.05 bits per heavy atom. The fraction of sp³-hybridized carbons (Fsp3) is 0.765. The highest BCUT2D eigenvalue weighted by atomic mass is 16.5. The molecule has 1 spiro atoms. The van der Waals surface area contributed by atoms with E-state index >= 15 is 0 Å². The number of Topliss-reactive ketones (excluding diaryl/α,β-unsaturated/α-hetero) is 1. The van der Waals surface area contributed by atoms with E-state index in [0.717, 1.165) is 12.8 Å². The maximum atomic E-state index is 12.4. The molecule has 3 aliphatic rings. The number of ether oxygens (including phenoxy) is 1. The Morgan fingerprint density at radius 3 is 2.65 bits per heavy atom. The third-order valence-corrected chi connectivity index (χ3v) is 6.10. The molecule has 5 atom stereocenters. The molecule has 0 aromatic carbocycles. The van der Waals surface area contributed by atoms with Crippen LogP contribution in [0.3, 0.4) is 0 Å².